The third kappa shape index (κ3) is 4.74. The molecule has 1 atom stereocenters. The fraction of sp³-hybridized carbons (Fsp3) is 0.333. The van der Waals surface area contributed by atoms with Crippen molar-refractivity contribution < 1.29 is 19.5 Å². The van der Waals surface area contributed by atoms with Gasteiger partial charge in [-0.2, -0.15) is 0 Å². The Morgan fingerprint density at radius 1 is 1.37 bits per heavy atom. The Morgan fingerprint density at radius 2 is 2.05 bits per heavy atom. The summed E-state index contributed by atoms with van der Waals surface area (Å²) in [7, 11) is 0. The molecule has 0 aromatic carbocycles. The Bertz CT molecular complexity index is 484. The average Bonchev–Trinajstić information content (AvgIpc) is 2.35. The number of aromatic nitrogens is 1. The number of carbonyl (C=O) groups is 3. The van der Waals surface area contributed by atoms with Crippen molar-refractivity contribution in [3.05, 3.63) is 29.6 Å². The highest BCUT2D eigenvalue weighted by atomic mass is 16.4. The third-order valence-corrected chi connectivity index (χ3v) is 2.32. The van der Waals surface area contributed by atoms with Crippen molar-refractivity contribution in [3.8, 4) is 0 Å². The molecular weight excluding hydrogens is 250 g/mol. The van der Waals surface area contributed by atoms with E-state index in [9.17, 15) is 14.4 Å². The Morgan fingerprint density at radius 3 is 2.53 bits per heavy atom. The van der Waals surface area contributed by atoms with Crippen LogP contribution >= 0.6 is 0 Å². The van der Waals surface area contributed by atoms with Gasteiger partial charge in [0.1, 0.15) is 11.7 Å². The maximum atomic E-state index is 11.6. The van der Waals surface area contributed by atoms with E-state index in [1.54, 1.807) is 13.0 Å². The first-order chi connectivity index (χ1) is 8.90. The van der Waals surface area contributed by atoms with E-state index in [1.165, 1.54) is 19.2 Å². The number of carboxylic acids is 1. The first kappa shape index (κ1) is 14.6. The molecule has 0 fully saturated rings. The van der Waals surface area contributed by atoms with Crippen LogP contribution in [0.25, 0.3) is 0 Å². The van der Waals surface area contributed by atoms with E-state index >= 15 is 0 Å². The van der Waals surface area contributed by atoms with Crippen LogP contribution in [0.4, 0.5) is 0 Å². The first-order valence-corrected chi connectivity index (χ1v) is 5.63. The van der Waals surface area contributed by atoms with Gasteiger partial charge in [0.2, 0.25) is 11.8 Å². The molecular formula is C12H15N3O4. The quantitative estimate of drug-likeness (QED) is 0.690. The minimum atomic E-state index is -1.10. The zero-order chi connectivity index (χ0) is 14.4. The topological polar surface area (TPSA) is 108 Å². The Labute approximate surface area is 110 Å². The van der Waals surface area contributed by atoms with Gasteiger partial charge in [0.05, 0.1) is 0 Å². The van der Waals surface area contributed by atoms with E-state index < -0.39 is 12.0 Å². The highest BCUT2D eigenvalue weighted by Crippen LogP contribution is 2.00. The van der Waals surface area contributed by atoms with E-state index in [-0.39, 0.29) is 24.1 Å². The second-order valence-electron chi connectivity index (χ2n) is 4.00. The molecule has 0 saturated carbocycles. The highest BCUT2D eigenvalue weighted by molar-refractivity contribution is 5.86. The predicted octanol–water partition coefficient (Wildman–Crippen LogP) is -0.0794. The average molecular weight is 265 g/mol. The smallest absolute Gasteiger partial charge is 0.354 e. The summed E-state index contributed by atoms with van der Waals surface area (Å²) < 4.78 is 0. The van der Waals surface area contributed by atoms with Crippen LogP contribution in [0.2, 0.25) is 0 Å². The fourth-order valence-electron chi connectivity index (χ4n) is 1.37. The van der Waals surface area contributed by atoms with Crippen LogP contribution in [-0.2, 0) is 16.1 Å². The van der Waals surface area contributed by atoms with Crippen molar-refractivity contribution in [2.24, 2.45) is 0 Å². The highest BCUT2D eigenvalue weighted by Gasteiger charge is 2.13. The number of nitrogens with one attached hydrogen (secondary N) is 2. The largest absolute Gasteiger partial charge is 0.477 e. The molecule has 0 saturated heterocycles. The molecule has 1 aromatic rings. The molecule has 7 nitrogen and oxygen atoms in total. The molecule has 1 rings (SSSR count). The summed E-state index contributed by atoms with van der Waals surface area (Å²) in [6.45, 7) is 3.12. The maximum Gasteiger partial charge on any atom is 0.354 e. The van der Waals surface area contributed by atoms with Crippen molar-refractivity contribution in [1.82, 2.24) is 15.6 Å². The van der Waals surface area contributed by atoms with Gasteiger partial charge < -0.3 is 15.7 Å². The second-order valence-corrected chi connectivity index (χ2v) is 4.00. The molecule has 0 aliphatic rings. The van der Waals surface area contributed by atoms with Crippen molar-refractivity contribution in [3.63, 3.8) is 0 Å². The molecule has 0 spiro atoms. The van der Waals surface area contributed by atoms with E-state index in [4.69, 9.17) is 5.11 Å². The summed E-state index contributed by atoms with van der Waals surface area (Å²) in [5.41, 5.74) is 0.620. The third-order valence-electron chi connectivity index (χ3n) is 2.32. The number of nitrogens with zero attached hydrogens (tertiary/aromatic N) is 1. The minimum absolute atomic E-state index is 0.0540. The van der Waals surface area contributed by atoms with Gasteiger partial charge in [-0.3, -0.25) is 9.59 Å². The lowest BCUT2D eigenvalue weighted by atomic mass is 10.2. The maximum absolute atomic E-state index is 11.6. The summed E-state index contributed by atoms with van der Waals surface area (Å²) >= 11 is 0. The number of carboxylic acid groups (broad SMARTS) is 1. The van der Waals surface area contributed by atoms with Gasteiger partial charge in [0.25, 0.3) is 0 Å². The lowest BCUT2D eigenvalue weighted by Gasteiger charge is -2.12. The summed E-state index contributed by atoms with van der Waals surface area (Å²) in [6.07, 6.45) is 1.38. The van der Waals surface area contributed by atoms with Crippen LogP contribution in [0.1, 0.15) is 29.9 Å². The van der Waals surface area contributed by atoms with Gasteiger partial charge in [-0.25, -0.2) is 9.78 Å². The SMILES string of the molecule is CC(=O)NC(C)C(=O)NCc1ccc(C(=O)O)nc1. The van der Waals surface area contributed by atoms with Crippen molar-refractivity contribution in [2.45, 2.75) is 26.4 Å². The Kier molecular flexibility index (Phi) is 4.99. The number of amides is 2. The van der Waals surface area contributed by atoms with Crippen molar-refractivity contribution in [1.29, 1.82) is 0 Å². The minimum Gasteiger partial charge on any atom is -0.477 e. The summed E-state index contributed by atoms with van der Waals surface area (Å²) in [5, 5.41) is 13.7. The van der Waals surface area contributed by atoms with Gasteiger partial charge in [-0.05, 0) is 18.6 Å². The van der Waals surface area contributed by atoms with Gasteiger partial charge >= 0.3 is 5.97 Å². The number of hydrogen-bond donors (Lipinski definition) is 3. The van der Waals surface area contributed by atoms with Crippen LogP contribution in [0.3, 0.4) is 0 Å². The fourth-order valence-corrected chi connectivity index (χ4v) is 1.37. The van der Waals surface area contributed by atoms with Crippen LogP contribution in [0.15, 0.2) is 18.3 Å². The van der Waals surface area contributed by atoms with E-state index in [2.05, 4.69) is 15.6 Å². The normalized spacial score (nSPS) is 11.5. The second kappa shape index (κ2) is 6.48. The Balaban J connectivity index is 2.50. The van der Waals surface area contributed by atoms with Gasteiger partial charge in [-0.1, -0.05) is 6.07 Å². The summed E-state index contributed by atoms with van der Waals surface area (Å²) in [5.74, 6) is -1.71. The van der Waals surface area contributed by atoms with Crippen molar-refractivity contribution in [2.75, 3.05) is 0 Å². The molecule has 0 aliphatic heterocycles. The van der Waals surface area contributed by atoms with Gasteiger partial charge in [0, 0.05) is 19.7 Å². The number of hydrogen-bond acceptors (Lipinski definition) is 4. The lowest BCUT2D eigenvalue weighted by Crippen LogP contribution is -2.43. The first-order valence-electron chi connectivity index (χ1n) is 5.63. The van der Waals surface area contributed by atoms with E-state index in [1.807, 2.05) is 0 Å². The number of pyridine rings is 1. The molecule has 19 heavy (non-hydrogen) atoms. The molecule has 1 heterocycles. The van der Waals surface area contributed by atoms with Crippen LogP contribution in [0.5, 0.6) is 0 Å². The number of carbonyl (C=O) groups excluding carboxylic acids is 2. The standard InChI is InChI=1S/C12H15N3O4/c1-7(15-8(2)16)11(17)14-6-9-3-4-10(12(18)19)13-5-9/h3-5,7H,6H2,1-2H3,(H,14,17)(H,15,16)(H,18,19). The van der Waals surface area contributed by atoms with E-state index in [0.717, 1.165) is 0 Å². The molecule has 2 amide bonds. The van der Waals surface area contributed by atoms with Crippen molar-refractivity contribution >= 4 is 17.8 Å². The monoisotopic (exact) mass is 265 g/mol. The molecule has 0 radical (unpaired) electrons. The van der Waals surface area contributed by atoms with Crippen LogP contribution in [-0.4, -0.2) is 33.9 Å². The number of rotatable bonds is 5. The Hall–Kier alpha value is -2.44. The summed E-state index contributed by atoms with van der Waals surface area (Å²) in [4.78, 5) is 36.7. The van der Waals surface area contributed by atoms with Crippen LogP contribution in [0, 0.1) is 0 Å². The molecule has 3 N–H and O–H groups in total. The van der Waals surface area contributed by atoms with E-state index in [0.29, 0.717) is 5.56 Å². The van der Waals surface area contributed by atoms with Crippen LogP contribution < -0.4 is 10.6 Å². The molecule has 0 aliphatic carbocycles. The number of aromatic carboxylic acids is 1. The zero-order valence-corrected chi connectivity index (χ0v) is 10.6. The molecule has 1 unspecified atom stereocenters. The van der Waals surface area contributed by atoms with Gasteiger partial charge in [0.15, 0.2) is 0 Å². The predicted molar refractivity (Wildman–Crippen MR) is 66.3 cm³/mol. The lowest BCUT2D eigenvalue weighted by molar-refractivity contribution is -0.127. The molecule has 1 aromatic heterocycles. The molecule has 0 bridgehead atoms. The molecule has 7 heteroatoms. The zero-order valence-electron chi connectivity index (χ0n) is 10.6. The van der Waals surface area contributed by atoms with Gasteiger partial charge in [-0.15, -0.1) is 0 Å². The summed E-state index contributed by atoms with van der Waals surface area (Å²) in [6, 6.07) is 2.31. The molecule has 102 valence electrons.